The number of fused-ring (bicyclic) bond motifs is 1. The first kappa shape index (κ1) is 26.4. The third-order valence-corrected chi connectivity index (χ3v) is 5.74. The van der Waals surface area contributed by atoms with Gasteiger partial charge in [-0.05, 0) is 69.2 Å². The summed E-state index contributed by atoms with van der Waals surface area (Å²) in [6.45, 7) is 5.62. The minimum atomic E-state index is -0.568. The highest BCUT2D eigenvalue weighted by molar-refractivity contribution is 6.36. The molecule has 4 rings (SSSR count). The van der Waals surface area contributed by atoms with Crippen LogP contribution in [0.1, 0.15) is 36.7 Å². The molecule has 0 bridgehead atoms. The molecule has 2 aromatic carbocycles. The molecule has 2 heterocycles. The Bertz CT molecular complexity index is 1450. The van der Waals surface area contributed by atoms with Crippen molar-refractivity contribution >= 4 is 46.2 Å². The van der Waals surface area contributed by atoms with E-state index in [1.54, 1.807) is 57.3 Å². The Kier molecular flexibility index (Phi) is 8.00. The van der Waals surface area contributed by atoms with Gasteiger partial charge in [0.1, 0.15) is 22.7 Å². The number of benzene rings is 2. The summed E-state index contributed by atoms with van der Waals surface area (Å²) in [5.74, 6) is 0.335. The third-order valence-electron chi connectivity index (χ3n) is 5.19. The van der Waals surface area contributed by atoms with Gasteiger partial charge in [-0.15, -0.1) is 0 Å². The topological polar surface area (TPSA) is 106 Å². The first-order valence-electron chi connectivity index (χ1n) is 11.6. The number of hydrogen-bond donors (Lipinski definition) is 2. The van der Waals surface area contributed by atoms with Crippen molar-refractivity contribution in [1.82, 2.24) is 20.3 Å². The Morgan fingerprint density at radius 1 is 1.08 bits per heavy atom. The van der Waals surface area contributed by atoms with Crippen LogP contribution < -0.4 is 10.1 Å². The number of ether oxygens (including phenoxy) is 2. The molecular formula is C27H26Cl2N4O4. The number of imidazole rings is 1. The number of carbonyl (C=O) groups excluding carboxylic acids is 2. The zero-order valence-electron chi connectivity index (χ0n) is 20.6. The summed E-state index contributed by atoms with van der Waals surface area (Å²) >= 11 is 12.3. The lowest BCUT2D eigenvalue weighted by molar-refractivity contribution is -0.157. The van der Waals surface area contributed by atoms with Crippen LogP contribution in [-0.2, 0) is 16.0 Å². The fraction of sp³-hybridized carbons (Fsp3) is 0.259. The summed E-state index contributed by atoms with van der Waals surface area (Å²) in [6, 6.07) is 14.1. The summed E-state index contributed by atoms with van der Waals surface area (Å²) in [5, 5.41) is 3.88. The minimum Gasteiger partial charge on any atom is -0.482 e. The molecule has 2 N–H and O–H groups in total. The zero-order valence-corrected chi connectivity index (χ0v) is 22.1. The average molecular weight is 541 g/mol. The normalized spacial score (nSPS) is 11.4. The molecule has 0 unspecified atom stereocenters. The van der Waals surface area contributed by atoms with Crippen molar-refractivity contribution < 1.29 is 19.1 Å². The van der Waals surface area contributed by atoms with Crippen molar-refractivity contribution in [2.45, 2.75) is 32.8 Å². The van der Waals surface area contributed by atoms with E-state index in [9.17, 15) is 9.59 Å². The number of nitrogens with zero attached hydrogens (tertiary/aromatic N) is 2. The molecule has 0 spiro atoms. The lowest BCUT2D eigenvalue weighted by atomic mass is 10.1. The number of halogens is 2. The van der Waals surface area contributed by atoms with E-state index >= 15 is 0 Å². The number of amides is 1. The second kappa shape index (κ2) is 11.2. The molecule has 1 amide bonds. The van der Waals surface area contributed by atoms with Gasteiger partial charge in [0.15, 0.2) is 12.3 Å². The number of hydrogen-bond acceptors (Lipinski definition) is 6. The van der Waals surface area contributed by atoms with Gasteiger partial charge in [-0.25, -0.2) is 14.8 Å². The molecule has 0 fully saturated rings. The van der Waals surface area contributed by atoms with Gasteiger partial charge in [0.2, 0.25) is 0 Å². The summed E-state index contributed by atoms with van der Waals surface area (Å²) < 4.78 is 10.8. The van der Waals surface area contributed by atoms with E-state index in [1.807, 2.05) is 18.2 Å². The summed E-state index contributed by atoms with van der Waals surface area (Å²) in [5.41, 5.74) is 2.35. The van der Waals surface area contributed by atoms with Crippen molar-refractivity contribution in [3.8, 4) is 17.1 Å². The highest BCUT2D eigenvalue weighted by atomic mass is 35.5. The van der Waals surface area contributed by atoms with Crippen molar-refractivity contribution in [1.29, 1.82) is 0 Å². The largest absolute Gasteiger partial charge is 0.482 e. The van der Waals surface area contributed by atoms with Crippen LogP contribution in [0.2, 0.25) is 10.0 Å². The summed E-state index contributed by atoms with van der Waals surface area (Å²) in [7, 11) is 0. The first-order valence-corrected chi connectivity index (χ1v) is 12.4. The van der Waals surface area contributed by atoms with Crippen molar-refractivity contribution in [2.24, 2.45) is 0 Å². The first-order chi connectivity index (χ1) is 17.6. The van der Waals surface area contributed by atoms with E-state index in [4.69, 9.17) is 32.7 Å². The second-order valence-electron chi connectivity index (χ2n) is 9.29. The molecule has 4 aromatic rings. The molecule has 0 aliphatic carbocycles. The van der Waals surface area contributed by atoms with Gasteiger partial charge in [-0.3, -0.25) is 4.79 Å². The number of carbonyl (C=O) groups is 2. The summed E-state index contributed by atoms with van der Waals surface area (Å²) in [4.78, 5) is 36.8. The fourth-order valence-corrected chi connectivity index (χ4v) is 4.12. The Morgan fingerprint density at radius 2 is 1.89 bits per heavy atom. The van der Waals surface area contributed by atoms with Crippen molar-refractivity contribution in [2.75, 3.05) is 13.2 Å². The molecule has 0 radical (unpaired) electrons. The lowest BCUT2D eigenvalue weighted by Gasteiger charge is -2.19. The smallest absolute Gasteiger partial charge is 0.344 e. The highest BCUT2D eigenvalue weighted by Crippen LogP contribution is 2.30. The van der Waals surface area contributed by atoms with Gasteiger partial charge in [-0.1, -0.05) is 35.3 Å². The Labute approximate surface area is 224 Å². The zero-order chi connectivity index (χ0) is 26.6. The third kappa shape index (κ3) is 6.99. The maximum absolute atomic E-state index is 13.0. The number of nitrogens with one attached hydrogen (secondary N) is 2. The van der Waals surface area contributed by atoms with Gasteiger partial charge >= 0.3 is 5.97 Å². The van der Waals surface area contributed by atoms with Crippen LogP contribution in [0, 0.1) is 0 Å². The molecule has 2 aromatic heterocycles. The van der Waals surface area contributed by atoms with E-state index in [0.717, 1.165) is 5.56 Å². The highest BCUT2D eigenvalue weighted by Gasteiger charge is 2.18. The SMILES string of the molecule is CC(C)(C)OC(=O)COc1cccc(CCNC(=O)c2ccnc3[nH]c(-c4ccc(Cl)cc4Cl)nc23)c1. The van der Waals surface area contributed by atoms with Gasteiger partial charge in [0, 0.05) is 23.3 Å². The quantitative estimate of drug-likeness (QED) is 0.281. The van der Waals surface area contributed by atoms with E-state index in [-0.39, 0.29) is 12.5 Å². The molecule has 8 nitrogen and oxygen atoms in total. The fourth-order valence-electron chi connectivity index (χ4n) is 3.62. The van der Waals surface area contributed by atoms with Crippen molar-refractivity contribution in [3.63, 3.8) is 0 Å². The van der Waals surface area contributed by atoms with Gasteiger partial charge in [0.05, 0.1) is 10.6 Å². The minimum absolute atomic E-state index is 0.178. The molecular weight excluding hydrogens is 515 g/mol. The van der Waals surface area contributed by atoms with Crippen LogP contribution in [-0.4, -0.2) is 45.6 Å². The molecule has 0 saturated carbocycles. The lowest BCUT2D eigenvalue weighted by Crippen LogP contribution is -2.27. The van der Waals surface area contributed by atoms with E-state index in [1.165, 1.54) is 0 Å². The van der Waals surface area contributed by atoms with Crippen LogP contribution in [0.5, 0.6) is 5.75 Å². The maximum atomic E-state index is 13.0. The molecule has 10 heteroatoms. The van der Waals surface area contributed by atoms with Crippen LogP contribution in [0.25, 0.3) is 22.6 Å². The predicted molar refractivity (Wildman–Crippen MR) is 143 cm³/mol. The van der Waals surface area contributed by atoms with Crippen LogP contribution in [0.3, 0.4) is 0 Å². The standard InChI is InChI=1S/C27H26Cl2N4O4/c1-27(2,3)37-22(34)15-36-18-6-4-5-16(13-18)9-11-31-26(35)20-10-12-30-25-23(20)32-24(33-25)19-8-7-17(28)14-21(19)29/h4-8,10,12-14H,9,11,15H2,1-3H3,(H,31,35)(H,30,32,33). The number of aromatic amines is 1. The number of esters is 1. The van der Waals surface area contributed by atoms with Gasteiger partial charge in [-0.2, -0.15) is 0 Å². The van der Waals surface area contributed by atoms with E-state index in [2.05, 4.69) is 20.3 Å². The number of aromatic nitrogens is 3. The molecule has 0 atom stereocenters. The number of pyridine rings is 1. The Morgan fingerprint density at radius 3 is 2.65 bits per heavy atom. The molecule has 37 heavy (non-hydrogen) atoms. The predicted octanol–water partition coefficient (Wildman–Crippen LogP) is 5.62. The second-order valence-corrected chi connectivity index (χ2v) is 10.1. The van der Waals surface area contributed by atoms with E-state index in [0.29, 0.717) is 56.9 Å². The maximum Gasteiger partial charge on any atom is 0.344 e. The number of rotatable bonds is 8. The van der Waals surface area contributed by atoms with Crippen LogP contribution in [0.15, 0.2) is 54.7 Å². The Balaban J connectivity index is 1.38. The Hall–Kier alpha value is -3.62. The monoisotopic (exact) mass is 540 g/mol. The molecule has 192 valence electrons. The van der Waals surface area contributed by atoms with Crippen LogP contribution >= 0.6 is 23.2 Å². The van der Waals surface area contributed by atoms with Gasteiger partial charge < -0.3 is 19.8 Å². The molecule has 0 aliphatic rings. The van der Waals surface area contributed by atoms with Gasteiger partial charge in [0.25, 0.3) is 5.91 Å². The summed E-state index contributed by atoms with van der Waals surface area (Å²) in [6.07, 6.45) is 2.12. The molecule has 0 saturated heterocycles. The number of H-pyrrole nitrogens is 1. The van der Waals surface area contributed by atoms with Crippen molar-refractivity contribution in [3.05, 3.63) is 75.9 Å². The van der Waals surface area contributed by atoms with E-state index < -0.39 is 11.6 Å². The van der Waals surface area contributed by atoms with Crippen LogP contribution in [0.4, 0.5) is 0 Å². The average Bonchev–Trinajstić information content (AvgIpc) is 3.26. The molecule has 0 aliphatic heterocycles.